The number of benzene rings is 1. The average molecular weight is 443 g/mol. The molecule has 0 unspecified atom stereocenters. The third-order valence-corrected chi connectivity index (χ3v) is 8.14. The van der Waals surface area contributed by atoms with E-state index in [2.05, 4.69) is 42.4 Å². The van der Waals surface area contributed by atoms with Crippen molar-refractivity contribution in [2.75, 3.05) is 5.75 Å². The first kappa shape index (κ1) is 22.2. The van der Waals surface area contributed by atoms with Gasteiger partial charge < -0.3 is 16.0 Å². The van der Waals surface area contributed by atoms with E-state index in [1.165, 1.54) is 11.1 Å². The molecule has 2 heterocycles. The summed E-state index contributed by atoms with van der Waals surface area (Å²) < 4.78 is 0. The van der Waals surface area contributed by atoms with Crippen LogP contribution in [0.4, 0.5) is 0 Å². The highest BCUT2D eigenvalue weighted by molar-refractivity contribution is 7.99. The third kappa shape index (κ3) is 4.34. The summed E-state index contributed by atoms with van der Waals surface area (Å²) in [6, 6.07) is 7.39. The summed E-state index contributed by atoms with van der Waals surface area (Å²) in [6.45, 7) is 6.15. The Labute approximate surface area is 189 Å². The van der Waals surface area contributed by atoms with E-state index in [4.69, 9.17) is 5.73 Å². The molecule has 0 saturated carbocycles. The van der Waals surface area contributed by atoms with Crippen molar-refractivity contribution in [2.45, 2.75) is 82.8 Å². The van der Waals surface area contributed by atoms with Crippen LogP contribution in [-0.2, 0) is 16.0 Å². The van der Waals surface area contributed by atoms with Crippen molar-refractivity contribution in [1.82, 2.24) is 10.2 Å². The molecule has 0 bridgehead atoms. The maximum absolute atomic E-state index is 13.7. The number of hydrogen-bond acceptors (Lipinski definition) is 4. The summed E-state index contributed by atoms with van der Waals surface area (Å²) in [5.74, 6) is 1.25. The van der Waals surface area contributed by atoms with Gasteiger partial charge in [-0.1, -0.05) is 45.0 Å². The first-order valence-corrected chi connectivity index (χ1v) is 12.5. The van der Waals surface area contributed by atoms with E-state index in [-0.39, 0.29) is 28.6 Å². The molecule has 7 heteroatoms. The molecule has 0 aromatic heterocycles. The molecule has 168 valence electrons. The molecule has 1 aromatic carbocycles. The maximum atomic E-state index is 13.7. The lowest BCUT2D eigenvalue weighted by molar-refractivity contribution is -0.142. The molecule has 6 nitrogen and oxygen atoms in total. The number of nitrogens with zero attached hydrogens (tertiary/aromatic N) is 2. The van der Waals surface area contributed by atoms with Gasteiger partial charge in [-0.3, -0.25) is 14.6 Å². The van der Waals surface area contributed by atoms with Gasteiger partial charge in [0.15, 0.2) is 0 Å². The molecular weight excluding hydrogens is 408 g/mol. The predicted molar refractivity (Wildman–Crippen MR) is 126 cm³/mol. The Morgan fingerprint density at radius 2 is 2.10 bits per heavy atom. The molecule has 1 aliphatic carbocycles. The monoisotopic (exact) mass is 442 g/mol. The Kier molecular flexibility index (Phi) is 6.33. The molecule has 3 aliphatic rings. The largest absolute Gasteiger partial charge is 0.387 e. The highest BCUT2D eigenvalue weighted by Crippen LogP contribution is 2.47. The van der Waals surface area contributed by atoms with E-state index < -0.39 is 12.1 Å². The molecule has 2 fully saturated rings. The van der Waals surface area contributed by atoms with Gasteiger partial charge in [0.25, 0.3) is 0 Å². The minimum absolute atomic E-state index is 0.00610. The van der Waals surface area contributed by atoms with Crippen LogP contribution < -0.4 is 11.1 Å². The minimum Gasteiger partial charge on any atom is -0.387 e. The Morgan fingerprint density at radius 3 is 2.87 bits per heavy atom. The van der Waals surface area contributed by atoms with Crippen molar-refractivity contribution in [2.24, 2.45) is 16.1 Å². The van der Waals surface area contributed by atoms with Gasteiger partial charge in [0.1, 0.15) is 12.1 Å². The number of thioether (sulfide) groups is 1. The minimum atomic E-state index is -0.495. The fraction of sp³-hybridized carbons (Fsp3) is 0.625. The molecule has 0 spiro atoms. The number of fused-ring (bicyclic) bond motifs is 2. The Hall–Kier alpha value is -2.02. The van der Waals surface area contributed by atoms with E-state index >= 15 is 0 Å². The van der Waals surface area contributed by atoms with Gasteiger partial charge in [0.2, 0.25) is 11.8 Å². The lowest BCUT2D eigenvalue weighted by Gasteiger charge is -2.35. The summed E-state index contributed by atoms with van der Waals surface area (Å²) in [7, 11) is 0. The van der Waals surface area contributed by atoms with Gasteiger partial charge in [-0.2, -0.15) is 0 Å². The van der Waals surface area contributed by atoms with E-state index in [9.17, 15) is 9.59 Å². The van der Waals surface area contributed by atoms with Crippen molar-refractivity contribution in [3.63, 3.8) is 0 Å². The number of amidine groups is 1. The van der Waals surface area contributed by atoms with Gasteiger partial charge >= 0.3 is 0 Å². The van der Waals surface area contributed by atoms with Crippen molar-refractivity contribution in [3.8, 4) is 0 Å². The zero-order chi connectivity index (χ0) is 22.2. The van der Waals surface area contributed by atoms with E-state index in [0.29, 0.717) is 18.7 Å². The fourth-order valence-corrected chi connectivity index (χ4v) is 6.83. The lowest BCUT2D eigenvalue weighted by Crippen LogP contribution is -2.54. The predicted octanol–water partition coefficient (Wildman–Crippen LogP) is 3.41. The van der Waals surface area contributed by atoms with Crippen LogP contribution >= 0.6 is 11.8 Å². The van der Waals surface area contributed by atoms with Gasteiger partial charge in [-0.25, -0.2) is 0 Å². The second-order valence-corrected chi connectivity index (χ2v) is 10.9. The molecule has 31 heavy (non-hydrogen) atoms. The molecule has 4 atom stereocenters. The second kappa shape index (κ2) is 8.85. The summed E-state index contributed by atoms with van der Waals surface area (Å²) in [4.78, 5) is 33.5. The number of nitrogens with two attached hydrogens (primary N) is 1. The van der Waals surface area contributed by atoms with Crippen LogP contribution in [0.3, 0.4) is 0 Å². The molecular formula is C24H34N4O2S. The molecule has 2 amide bonds. The van der Waals surface area contributed by atoms with E-state index in [1.54, 1.807) is 11.8 Å². The topological polar surface area (TPSA) is 87.8 Å². The van der Waals surface area contributed by atoms with Crippen molar-refractivity contribution >= 4 is 29.4 Å². The Bertz CT molecular complexity index is 884. The zero-order valence-corrected chi connectivity index (χ0v) is 19.6. The number of nitrogens with one attached hydrogen (secondary N) is 1. The number of aliphatic imine (C=N–C) groups is 1. The second-order valence-electron chi connectivity index (χ2n) is 9.60. The first-order chi connectivity index (χ1) is 14.8. The quantitative estimate of drug-likeness (QED) is 0.553. The van der Waals surface area contributed by atoms with Gasteiger partial charge in [-0.15, -0.1) is 11.8 Å². The molecule has 3 N–H and O–H groups in total. The Balaban J connectivity index is 1.60. The van der Waals surface area contributed by atoms with Crippen LogP contribution in [0.1, 0.15) is 70.0 Å². The van der Waals surface area contributed by atoms with Crippen molar-refractivity contribution in [3.05, 3.63) is 35.4 Å². The summed E-state index contributed by atoms with van der Waals surface area (Å²) in [6.07, 6.45) is 5.15. The van der Waals surface area contributed by atoms with Gasteiger partial charge in [0.05, 0.1) is 17.3 Å². The molecule has 2 saturated heterocycles. The van der Waals surface area contributed by atoms with Crippen LogP contribution in [0.25, 0.3) is 0 Å². The van der Waals surface area contributed by atoms with E-state index in [0.717, 1.165) is 31.4 Å². The van der Waals surface area contributed by atoms with Crippen LogP contribution in [0.15, 0.2) is 29.3 Å². The Morgan fingerprint density at radius 1 is 1.32 bits per heavy atom. The first-order valence-electron chi connectivity index (χ1n) is 11.5. The summed E-state index contributed by atoms with van der Waals surface area (Å²) >= 11 is 1.77. The fourth-order valence-electron chi connectivity index (χ4n) is 5.27. The van der Waals surface area contributed by atoms with Crippen LogP contribution in [0, 0.1) is 5.41 Å². The summed E-state index contributed by atoms with van der Waals surface area (Å²) in [5, 5.41) is 3.32. The number of amides is 2. The van der Waals surface area contributed by atoms with Gasteiger partial charge in [-0.05, 0) is 54.4 Å². The molecule has 4 rings (SSSR count). The third-order valence-electron chi connectivity index (χ3n) is 6.89. The smallest absolute Gasteiger partial charge is 0.249 e. The number of rotatable bonds is 4. The zero-order valence-electron chi connectivity index (χ0n) is 18.8. The van der Waals surface area contributed by atoms with Crippen molar-refractivity contribution < 1.29 is 9.59 Å². The van der Waals surface area contributed by atoms with Crippen LogP contribution in [0.5, 0.6) is 0 Å². The number of carbonyl (C=O) groups is 2. The average Bonchev–Trinajstić information content (AvgIpc) is 2.94. The molecule has 1 aromatic rings. The van der Waals surface area contributed by atoms with Crippen molar-refractivity contribution in [1.29, 1.82) is 0 Å². The van der Waals surface area contributed by atoms with E-state index in [1.807, 2.05) is 17.9 Å². The normalized spacial score (nSPS) is 30.4. The molecule has 2 aliphatic heterocycles. The SMILES string of the molecule is CCC(N)=N[C@H]1CCS[C@H]2CC(C)(C)[C@@H](C(=O)N[C@@H]3CCCc4ccccc43)N2C1=O. The van der Waals surface area contributed by atoms with Crippen LogP contribution in [0.2, 0.25) is 0 Å². The highest BCUT2D eigenvalue weighted by Gasteiger charge is 2.54. The number of hydrogen-bond donors (Lipinski definition) is 2. The summed E-state index contributed by atoms with van der Waals surface area (Å²) in [5.41, 5.74) is 8.19. The maximum Gasteiger partial charge on any atom is 0.249 e. The van der Waals surface area contributed by atoms with Gasteiger partial charge in [0, 0.05) is 6.42 Å². The lowest BCUT2D eigenvalue weighted by atomic mass is 9.83. The standard InChI is InChI=1S/C24H34N4O2S/c1-4-19(25)26-18-12-13-31-20-14-24(2,3)21(28(20)23(18)30)22(29)27-17-11-7-9-15-8-5-6-10-16(15)17/h5-6,8,10,17-18,20-21H,4,7,9,11-14H2,1-3H3,(H2,25,26)(H,27,29)/t17-,18+,20+,21-/m1/s1. The number of carbonyl (C=O) groups excluding carboxylic acids is 2. The highest BCUT2D eigenvalue weighted by atomic mass is 32.2. The number of aryl methyl sites for hydroxylation is 1. The molecule has 0 radical (unpaired) electrons. The van der Waals surface area contributed by atoms with Crippen LogP contribution in [-0.4, -0.2) is 45.8 Å².